The summed E-state index contributed by atoms with van der Waals surface area (Å²) in [6.45, 7) is 0. The fraction of sp³-hybridized carbons (Fsp3) is 0.368. The summed E-state index contributed by atoms with van der Waals surface area (Å²) >= 11 is 0. The summed E-state index contributed by atoms with van der Waals surface area (Å²) in [7, 11) is 1.77. The standard InChI is InChI=1S/C19H22O2/c1-21-19-16-10-3-8-14-6-2-7-15(18(14)20)9-4-11-17(19)13-5-12-16/h2,5-7,12-13,20H,3-4,8-11H2,1H3. The van der Waals surface area contributed by atoms with Crippen LogP contribution >= 0.6 is 0 Å². The summed E-state index contributed by atoms with van der Waals surface area (Å²) in [5.74, 6) is 1.57. The number of hydrogen-bond acceptors (Lipinski definition) is 2. The predicted octanol–water partition coefficient (Wildman–Crippen LogP) is 4.06. The summed E-state index contributed by atoms with van der Waals surface area (Å²) in [4.78, 5) is 0. The van der Waals surface area contributed by atoms with Gasteiger partial charge in [-0.1, -0.05) is 36.4 Å². The molecule has 0 unspecified atom stereocenters. The van der Waals surface area contributed by atoms with E-state index in [0.717, 1.165) is 55.4 Å². The first-order chi connectivity index (χ1) is 10.3. The first-order valence-electron chi connectivity index (χ1n) is 7.74. The second-order valence-electron chi connectivity index (χ2n) is 5.74. The molecule has 4 bridgehead atoms. The van der Waals surface area contributed by atoms with Gasteiger partial charge in [-0.15, -0.1) is 0 Å². The summed E-state index contributed by atoms with van der Waals surface area (Å²) in [5, 5.41) is 10.4. The van der Waals surface area contributed by atoms with Gasteiger partial charge in [0.25, 0.3) is 0 Å². The fourth-order valence-corrected chi connectivity index (χ4v) is 3.28. The number of aryl methyl sites for hydroxylation is 4. The van der Waals surface area contributed by atoms with Crippen LogP contribution in [0.5, 0.6) is 11.5 Å². The van der Waals surface area contributed by atoms with E-state index in [9.17, 15) is 5.11 Å². The van der Waals surface area contributed by atoms with Crippen LogP contribution in [0.15, 0.2) is 36.4 Å². The van der Waals surface area contributed by atoms with Gasteiger partial charge in [0.2, 0.25) is 0 Å². The van der Waals surface area contributed by atoms with Crippen molar-refractivity contribution in [3.8, 4) is 11.5 Å². The molecule has 21 heavy (non-hydrogen) atoms. The first-order valence-corrected chi connectivity index (χ1v) is 7.74. The molecule has 0 aliphatic heterocycles. The van der Waals surface area contributed by atoms with E-state index in [1.54, 1.807) is 7.11 Å². The number of benzene rings is 2. The van der Waals surface area contributed by atoms with Crippen molar-refractivity contribution >= 4 is 0 Å². The quantitative estimate of drug-likeness (QED) is 0.854. The number of aromatic hydroxyl groups is 1. The molecule has 1 aliphatic rings. The Morgan fingerprint density at radius 3 is 1.67 bits per heavy atom. The summed E-state index contributed by atoms with van der Waals surface area (Å²) in [5.41, 5.74) is 4.71. The fourth-order valence-electron chi connectivity index (χ4n) is 3.28. The zero-order valence-electron chi connectivity index (χ0n) is 12.6. The molecular weight excluding hydrogens is 260 g/mol. The van der Waals surface area contributed by atoms with Gasteiger partial charge in [0.1, 0.15) is 11.5 Å². The lowest BCUT2D eigenvalue weighted by atomic mass is 9.94. The van der Waals surface area contributed by atoms with E-state index in [1.807, 2.05) is 12.1 Å². The second kappa shape index (κ2) is 6.21. The maximum Gasteiger partial charge on any atom is 0.125 e. The van der Waals surface area contributed by atoms with Crippen LogP contribution in [-0.4, -0.2) is 12.2 Å². The molecule has 0 saturated heterocycles. The average Bonchev–Trinajstić information content (AvgIpc) is 2.50. The average molecular weight is 282 g/mol. The van der Waals surface area contributed by atoms with Crippen LogP contribution in [-0.2, 0) is 25.7 Å². The zero-order valence-corrected chi connectivity index (χ0v) is 12.6. The van der Waals surface area contributed by atoms with Gasteiger partial charge in [0, 0.05) is 0 Å². The molecule has 1 N–H and O–H groups in total. The third-order valence-electron chi connectivity index (χ3n) is 4.37. The van der Waals surface area contributed by atoms with Crippen LogP contribution in [0.1, 0.15) is 35.1 Å². The van der Waals surface area contributed by atoms with Crippen LogP contribution in [0.4, 0.5) is 0 Å². The Hall–Kier alpha value is -1.96. The third kappa shape index (κ3) is 2.90. The number of rotatable bonds is 1. The maximum absolute atomic E-state index is 10.4. The van der Waals surface area contributed by atoms with Gasteiger partial charge in [-0.3, -0.25) is 0 Å². The number of hydrogen-bond donors (Lipinski definition) is 1. The van der Waals surface area contributed by atoms with E-state index in [0.29, 0.717) is 5.75 Å². The van der Waals surface area contributed by atoms with Crippen LogP contribution < -0.4 is 4.74 Å². The molecule has 0 atom stereocenters. The highest BCUT2D eigenvalue weighted by molar-refractivity contribution is 5.44. The lowest BCUT2D eigenvalue weighted by Crippen LogP contribution is -2.02. The molecular formula is C19H22O2. The highest BCUT2D eigenvalue weighted by atomic mass is 16.5. The summed E-state index contributed by atoms with van der Waals surface area (Å²) in [6, 6.07) is 12.6. The molecule has 110 valence electrons. The Morgan fingerprint density at radius 1 is 0.762 bits per heavy atom. The van der Waals surface area contributed by atoms with E-state index in [4.69, 9.17) is 4.74 Å². The molecule has 0 amide bonds. The van der Waals surface area contributed by atoms with Crippen molar-refractivity contribution in [2.45, 2.75) is 38.5 Å². The molecule has 0 spiro atoms. The number of phenols is 1. The summed E-state index contributed by atoms with van der Waals surface area (Å²) in [6.07, 6.45) is 5.84. The molecule has 1 aliphatic carbocycles. The number of fused-ring (bicyclic) bond motifs is 4. The van der Waals surface area contributed by atoms with Gasteiger partial charge in [-0.2, -0.15) is 0 Å². The number of para-hydroxylation sites is 2. The van der Waals surface area contributed by atoms with Gasteiger partial charge >= 0.3 is 0 Å². The minimum absolute atomic E-state index is 0.508. The monoisotopic (exact) mass is 282 g/mol. The van der Waals surface area contributed by atoms with Gasteiger partial charge in [-0.25, -0.2) is 0 Å². The van der Waals surface area contributed by atoms with Crippen molar-refractivity contribution in [3.63, 3.8) is 0 Å². The lowest BCUT2D eigenvalue weighted by Gasteiger charge is -2.16. The van der Waals surface area contributed by atoms with Crippen molar-refractivity contribution in [1.82, 2.24) is 0 Å². The van der Waals surface area contributed by atoms with E-state index < -0.39 is 0 Å². The number of methoxy groups -OCH3 is 1. The summed E-state index contributed by atoms with van der Waals surface area (Å²) < 4.78 is 5.65. The second-order valence-corrected chi connectivity index (χ2v) is 5.74. The molecule has 2 aromatic rings. The van der Waals surface area contributed by atoms with E-state index in [2.05, 4.69) is 24.3 Å². The number of phenolic OH excluding ortho intramolecular Hbond substituents is 1. The molecule has 0 aromatic heterocycles. The Balaban J connectivity index is 1.93. The first kappa shape index (κ1) is 14.0. The largest absolute Gasteiger partial charge is 0.507 e. The Bertz CT molecular complexity index is 585. The topological polar surface area (TPSA) is 29.5 Å². The molecule has 2 heteroatoms. The SMILES string of the molecule is COc1c2cccc1CCCc1cccc(c1O)CCC2. The molecule has 2 nitrogen and oxygen atoms in total. The zero-order chi connectivity index (χ0) is 14.7. The van der Waals surface area contributed by atoms with Gasteiger partial charge in [-0.05, 0) is 60.8 Å². The molecule has 0 saturated carbocycles. The normalized spacial score (nSPS) is 14.9. The van der Waals surface area contributed by atoms with Crippen LogP contribution in [0, 0.1) is 0 Å². The van der Waals surface area contributed by atoms with E-state index in [-0.39, 0.29) is 0 Å². The minimum Gasteiger partial charge on any atom is -0.507 e. The lowest BCUT2D eigenvalue weighted by molar-refractivity contribution is 0.403. The predicted molar refractivity (Wildman–Crippen MR) is 85.2 cm³/mol. The number of ether oxygens (including phenoxy) is 1. The molecule has 2 aromatic carbocycles. The van der Waals surface area contributed by atoms with Crippen molar-refractivity contribution < 1.29 is 9.84 Å². The molecule has 0 fully saturated rings. The van der Waals surface area contributed by atoms with Gasteiger partial charge in [0.15, 0.2) is 0 Å². The van der Waals surface area contributed by atoms with Crippen molar-refractivity contribution in [1.29, 1.82) is 0 Å². The Morgan fingerprint density at radius 2 is 1.19 bits per heavy atom. The van der Waals surface area contributed by atoms with E-state index >= 15 is 0 Å². The van der Waals surface area contributed by atoms with E-state index in [1.165, 1.54) is 11.1 Å². The minimum atomic E-state index is 0.508. The van der Waals surface area contributed by atoms with Crippen molar-refractivity contribution in [3.05, 3.63) is 58.7 Å². The van der Waals surface area contributed by atoms with Crippen LogP contribution in [0.2, 0.25) is 0 Å². The highest BCUT2D eigenvalue weighted by Gasteiger charge is 2.13. The van der Waals surface area contributed by atoms with Gasteiger partial charge in [0.05, 0.1) is 7.11 Å². The van der Waals surface area contributed by atoms with Crippen LogP contribution in [0.3, 0.4) is 0 Å². The molecule has 3 rings (SSSR count). The van der Waals surface area contributed by atoms with Crippen molar-refractivity contribution in [2.24, 2.45) is 0 Å². The Labute approximate surface area is 126 Å². The highest BCUT2D eigenvalue weighted by Crippen LogP contribution is 2.30. The third-order valence-corrected chi connectivity index (χ3v) is 4.37. The smallest absolute Gasteiger partial charge is 0.125 e. The Kier molecular flexibility index (Phi) is 4.14. The maximum atomic E-state index is 10.4. The van der Waals surface area contributed by atoms with Crippen LogP contribution in [0.25, 0.3) is 0 Å². The van der Waals surface area contributed by atoms with Crippen molar-refractivity contribution in [2.75, 3.05) is 7.11 Å². The molecule has 0 radical (unpaired) electrons. The van der Waals surface area contributed by atoms with Gasteiger partial charge < -0.3 is 9.84 Å². The molecule has 0 heterocycles.